The number of likely N-dealkylation sites (N-methyl/N-ethyl adjacent to an activating group) is 1. The minimum Gasteiger partial charge on any atom is -0.453 e. The first-order valence-electron chi connectivity index (χ1n) is 6.81. The predicted molar refractivity (Wildman–Crippen MR) is 76.7 cm³/mol. The van der Waals surface area contributed by atoms with Crippen LogP contribution in [0.25, 0.3) is 0 Å². The van der Waals surface area contributed by atoms with Crippen molar-refractivity contribution < 1.29 is 37.2 Å². The van der Waals surface area contributed by atoms with Gasteiger partial charge in [0.05, 0.1) is 19.8 Å². The van der Waals surface area contributed by atoms with Gasteiger partial charge in [-0.1, -0.05) is 0 Å². The van der Waals surface area contributed by atoms with Crippen LogP contribution in [0.5, 0.6) is 0 Å². The number of imide groups is 1. The molecule has 0 heterocycles. The first-order valence-corrected chi connectivity index (χ1v) is 6.81. The number of carbonyl (C=O) groups is 3. The van der Waals surface area contributed by atoms with Crippen LogP contribution in [0, 0.1) is 17.5 Å². The average Bonchev–Trinajstić information content (AvgIpc) is 2.54. The maximum absolute atomic E-state index is 13.5. The number of hydrogen-bond acceptors (Lipinski definition) is 4. The Kier molecular flexibility index (Phi) is 6.71. The van der Waals surface area contributed by atoms with Crippen LogP contribution < -0.4 is 15.5 Å². The van der Waals surface area contributed by atoms with Crippen LogP contribution in [0.1, 0.15) is 6.92 Å². The van der Waals surface area contributed by atoms with Crippen LogP contribution in [-0.4, -0.2) is 44.7 Å². The van der Waals surface area contributed by atoms with E-state index >= 15 is 0 Å². The van der Waals surface area contributed by atoms with Crippen molar-refractivity contribution in [3.05, 3.63) is 29.6 Å². The highest BCUT2D eigenvalue weighted by Crippen LogP contribution is 2.19. The molecule has 1 aromatic carbocycles. The van der Waals surface area contributed by atoms with Gasteiger partial charge in [-0.2, -0.15) is 0 Å². The summed E-state index contributed by atoms with van der Waals surface area (Å²) in [5.74, 6) is -5.99. The van der Waals surface area contributed by atoms with Crippen LogP contribution in [0.3, 0.4) is 0 Å². The van der Waals surface area contributed by atoms with E-state index in [9.17, 15) is 27.6 Å². The summed E-state index contributed by atoms with van der Waals surface area (Å²) in [5.41, 5.74) is -0.515. The SMILES string of the molecule is COC(=O)NC(=O)[C@H](C)[NH+](C)CC(=O)Nc1ccc(F)c(F)c1F. The number of amides is 3. The minimum atomic E-state index is -1.70. The average molecular weight is 348 g/mol. The lowest BCUT2D eigenvalue weighted by Gasteiger charge is -2.20. The molecule has 2 atom stereocenters. The topological polar surface area (TPSA) is 88.9 Å². The first-order chi connectivity index (χ1) is 11.2. The quantitative estimate of drug-likeness (QED) is 0.645. The summed E-state index contributed by atoms with van der Waals surface area (Å²) in [7, 11) is 2.58. The zero-order valence-electron chi connectivity index (χ0n) is 13.2. The molecule has 1 aromatic rings. The third-order valence-corrected chi connectivity index (χ3v) is 3.29. The number of ether oxygens (including phenoxy) is 1. The molecule has 0 radical (unpaired) electrons. The number of methoxy groups -OCH3 is 1. The van der Waals surface area contributed by atoms with Gasteiger partial charge in [-0.05, 0) is 19.1 Å². The summed E-state index contributed by atoms with van der Waals surface area (Å²) >= 11 is 0. The summed E-state index contributed by atoms with van der Waals surface area (Å²) in [6.07, 6.45) is -0.937. The number of hydrogen-bond donors (Lipinski definition) is 3. The maximum Gasteiger partial charge on any atom is 0.413 e. The zero-order valence-corrected chi connectivity index (χ0v) is 13.2. The van der Waals surface area contributed by atoms with E-state index in [1.807, 2.05) is 5.32 Å². The summed E-state index contributed by atoms with van der Waals surface area (Å²) in [5, 5.41) is 4.04. The van der Waals surface area contributed by atoms with E-state index in [0.717, 1.165) is 13.2 Å². The van der Waals surface area contributed by atoms with Crippen LogP contribution >= 0.6 is 0 Å². The number of rotatable bonds is 5. The largest absolute Gasteiger partial charge is 0.453 e. The molecule has 0 spiro atoms. The second-order valence-corrected chi connectivity index (χ2v) is 5.00. The van der Waals surface area contributed by atoms with E-state index in [0.29, 0.717) is 11.0 Å². The maximum atomic E-state index is 13.5. The summed E-state index contributed by atoms with van der Waals surface area (Å²) < 4.78 is 43.7. The Morgan fingerprint density at radius 2 is 1.83 bits per heavy atom. The Hall–Kier alpha value is -2.62. The second kappa shape index (κ2) is 8.29. The van der Waals surface area contributed by atoms with Gasteiger partial charge in [0.25, 0.3) is 11.8 Å². The van der Waals surface area contributed by atoms with Crippen molar-refractivity contribution in [1.29, 1.82) is 0 Å². The highest BCUT2D eigenvalue weighted by atomic mass is 19.2. The first kappa shape index (κ1) is 19.4. The Morgan fingerprint density at radius 1 is 1.21 bits per heavy atom. The fourth-order valence-electron chi connectivity index (χ4n) is 1.71. The minimum absolute atomic E-state index is 0.284. The summed E-state index contributed by atoms with van der Waals surface area (Å²) in [6, 6.07) is 0.760. The van der Waals surface area contributed by atoms with Crippen molar-refractivity contribution in [2.75, 3.05) is 26.0 Å². The zero-order chi connectivity index (χ0) is 18.4. The number of halogens is 3. The van der Waals surface area contributed by atoms with Gasteiger partial charge in [-0.3, -0.25) is 14.9 Å². The van der Waals surface area contributed by atoms with E-state index in [-0.39, 0.29) is 6.54 Å². The number of nitrogens with one attached hydrogen (secondary N) is 3. The fraction of sp³-hybridized carbons (Fsp3) is 0.357. The molecule has 132 valence electrons. The van der Waals surface area contributed by atoms with E-state index < -0.39 is 47.1 Å². The van der Waals surface area contributed by atoms with E-state index in [1.165, 1.54) is 14.0 Å². The van der Waals surface area contributed by atoms with Crippen LogP contribution in [0.4, 0.5) is 23.7 Å². The highest BCUT2D eigenvalue weighted by molar-refractivity contribution is 5.94. The molecule has 24 heavy (non-hydrogen) atoms. The third kappa shape index (κ3) is 4.95. The number of alkyl carbamates (subject to hydrolysis) is 1. The molecule has 0 aliphatic rings. The molecule has 1 unspecified atom stereocenters. The molecule has 7 nitrogen and oxygen atoms in total. The van der Waals surface area contributed by atoms with Gasteiger partial charge in [0.2, 0.25) is 0 Å². The van der Waals surface area contributed by atoms with Crippen LogP contribution in [0.2, 0.25) is 0 Å². The van der Waals surface area contributed by atoms with Crippen LogP contribution in [0.15, 0.2) is 12.1 Å². The standard InChI is InChI=1S/C14H16F3N3O4/c1-7(13(22)19-14(23)24-3)20(2)6-10(21)18-9-5-4-8(15)11(16)12(9)17/h4-5,7H,6H2,1-3H3,(H,18,21)(H,19,22,23)/p+1/t7-/m0/s1. The third-order valence-electron chi connectivity index (χ3n) is 3.29. The van der Waals surface area contributed by atoms with Gasteiger partial charge in [-0.15, -0.1) is 0 Å². The van der Waals surface area contributed by atoms with Gasteiger partial charge in [-0.25, -0.2) is 18.0 Å². The molecule has 0 saturated heterocycles. The molecule has 0 bridgehead atoms. The molecule has 3 N–H and O–H groups in total. The molecule has 0 fully saturated rings. The van der Waals surface area contributed by atoms with Crippen molar-refractivity contribution in [2.24, 2.45) is 0 Å². The normalized spacial score (nSPS) is 12.9. The molecule has 0 saturated carbocycles. The molecule has 0 aromatic heterocycles. The van der Waals surface area contributed by atoms with Crippen molar-refractivity contribution in [2.45, 2.75) is 13.0 Å². The molecule has 0 aliphatic carbocycles. The van der Waals surface area contributed by atoms with Crippen LogP contribution in [-0.2, 0) is 14.3 Å². The molecular weight excluding hydrogens is 331 g/mol. The van der Waals surface area contributed by atoms with Crippen molar-refractivity contribution in [3.63, 3.8) is 0 Å². The van der Waals surface area contributed by atoms with Gasteiger partial charge >= 0.3 is 6.09 Å². The summed E-state index contributed by atoms with van der Waals surface area (Å²) in [4.78, 5) is 34.9. The monoisotopic (exact) mass is 348 g/mol. The smallest absolute Gasteiger partial charge is 0.413 e. The second-order valence-electron chi connectivity index (χ2n) is 5.00. The predicted octanol–water partition coefficient (Wildman–Crippen LogP) is -0.172. The van der Waals surface area contributed by atoms with Gasteiger partial charge in [0, 0.05) is 0 Å². The fourth-order valence-corrected chi connectivity index (χ4v) is 1.71. The number of anilines is 1. The lowest BCUT2D eigenvalue weighted by molar-refractivity contribution is -0.885. The lowest BCUT2D eigenvalue weighted by Crippen LogP contribution is -3.15. The number of benzene rings is 1. The van der Waals surface area contributed by atoms with E-state index in [2.05, 4.69) is 10.1 Å². The molecular formula is C14H17F3N3O4+. The van der Waals surface area contributed by atoms with Gasteiger partial charge < -0.3 is 15.0 Å². The van der Waals surface area contributed by atoms with Crippen molar-refractivity contribution in [1.82, 2.24) is 5.32 Å². The number of carbonyl (C=O) groups excluding carboxylic acids is 3. The Labute approximate surface area is 135 Å². The Balaban J connectivity index is 2.66. The van der Waals surface area contributed by atoms with Crippen molar-refractivity contribution in [3.8, 4) is 0 Å². The van der Waals surface area contributed by atoms with E-state index in [4.69, 9.17) is 0 Å². The van der Waals surface area contributed by atoms with Crippen molar-refractivity contribution >= 4 is 23.6 Å². The molecule has 0 aliphatic heterocycles. The lowest BCUT2D eigenvalue weighted by atomic mass is 10.2. The molecule has 3 amide bonds. The Morgan fingerprint density at radius 3 is 2.42 bits per heavy atom. The van der Waals surface area contributed by atoms with Gasteiger partial charge in [0.1, 0.15) is 0 Å². The highest BCUT2D eigenvalue weighted by Gasteiger charge is 2.26. The Bertz CT molecular complexity index is 654. The summed E-state index contributed by atoms with van der Waals surface area (Å²) in [6.45, 7) is 1.17. The molecule has 1 rings (SSSR count). The molecule has 10 heteroatoms. The van der Waals surface area contributed by atoms with E-state index in [1.54, 1.807) is 0 Å². The number of quaternary nitrogens is 1. The van der Waals surface area contributed by atoms with Gasteiger partial charge in [0.15, 0.2) is 30.0 Å².